The number of carbonyl (C=O) groups is 2. The number of hydrogen-bond acceptors (Lipinski definition) is 10. The summed E-state index contributed by atoms with van der Waals surface area (Å²) in [6.07, 6.45) is 4.88. The molecule has 0 unspecified atom stereocenters. The van der Waals surface area contributed by atoms with Gasteiger partial charge in [0.1, 0.15) is 17.1 Å². The molecular formula is C39H46F3N9O4. The summed E-state index contributed by atoms with van der Waals surface area (Å²) >= 11 is 0. The zero-order valence-corrected chi connectivity index (χ0v) is 31.7. The number of hydrogen-bond donors (Lipinski definition) is 2. The number of fused-ring (bicyclic) bond motifs is 2. The number of piperidine rings is 1. The van der Waals surface area contributed by atoms with Crippen LogP contribution in [-0.4, -0.2) is 112 Å². The molecule has 0 radical (unpaired) electrons. The second-order valence-corrected chi connectivity index (χ2v) is 16.1. The quantitative estimate of drug-likeness (QED) is 0.233. The number of pyridine rings is 1. The number of methoxy groups -OCH3 is 1. The molecule has 13 nitrogen and oxygen atoms in total. The number of anilines is 3. The van der Waals surface area contributed by atoms with Crippen molar-refractivity contribution in [2.75, 3.05) is 57.1 Å². The lowest BCUT2D eigenvalue weighted by Gasteiger charge is -2.57. The Morgan fingerprint density at radius 3 is 2.53 bits per heavy atom. The van der Waals surface area contributed by atoms with Crippen LogP contribution in [0.5, 0.6) is 0 Å². The van der Waals surface area contributed by atoms with Crippen molar-refractivity contribution in [2.45, 2.75) is 76.7 Å². The number of alkyl halides is 2. The highest BCUT2D eigenvalue weighted by atomic mass is 19.3. The minimum absolute atomic E-state index is 0.0162. The normalized spacial score (nSPS) is 21.6. The minimum Gasteiger partial charge on any atom is -0.444 e. The fourth-order valence-electron chi connectivity index (χ4n) is 8.31. The lowest BCUT2D eigenvalue weighted by atomic mass is 9.69. The van der Waals surface area contributed by atoms with Gasteiger partial charge in [-0.25, -0.2) is 27.5 Å². The molecule has 1 saturated carbocycles. The fourth-order valence-corrected chi connectivity index (χ4v) is 8.31. The first kappa shape index (κ1) is 37.0. The van der Waals surface area contributed by atoms with E-state index in [1.165, 1.54) is 12.3 Å². The molecule has 4 aliphatic rings. The van der Waals surface area contributed by atoms with Gasteiger partial charge >= 0.3 is 6.09 Å². The van der Waals surface area contributed by atoms with Gasteiger partial charge in [-0.15, -0.1) is 5.10 Å². The van der Waals surface area contributed by atoms with E-state index >= 15 is 13.2 Å². The van der Waals surface area contributed by atoms with E-state index in [9.17, 15) is 9.59 Å². The van der Waals surface area contributed by atoms with Gasteiger partial charge < -0.3 is 29.9 Å². The number of ether oxygens (including phenoxy) is 2. The van der Waals surface area contributed by atoms with Crippen LogP contribution < -0.4 is 15.5 Å². The van der Waals surface area contributed by atoms with Crippen LogP contribution in [-0.2, 0) is 22.4 Å². The molecule has 1 spiro atoms. The number of imidazole rings is 1. The second kappa shape index (κ2) is 13.7. The monoisotopic (exact) mass is 761 g/mol. The van der Waals surface area contributed by atoms with Crippen molar-refractivity contribution in [1.29, 1.82) is 0 Å². The zero-order chi connectivity index (χ0) is 38.9. The molecule has 55 heavy (non-hydrogen) atoms. The Morgan fingerprint density at radius 2 is 1.85 bits per heavy atom. The van der Waals surface area contributed by atoms with Gasteiger partial charge in [0, 0.05) is 70.4 Å². The largest absolute Gasteiger partial charge is 0.444 e. The number of aromatic nitrogens is 4. The molecule has 0 bridgehead atoms. The van der Waals surface area contributed by atoms with Crippen LogP contribution in [0.15, 0.2) is 42.7 Å². The SMILES string of the molecule is CNc1cc(N2CCc3c(-c4ncc(CN5CC6(CCN(C(=O)OC(C)(C)C)CC6(F)F)C5)cc4F)cccc32)nn2c(C(=O)N[C@@H]3CC[C@H]3OC)cnc12. The van der Waals surface area contributed by atoms with Crippen molar-refractivity contribution in [3.8, 4) is 11.3 Å². The van der Waals surface area contributed by atoms with E-state index in [2.05, 4.69) is 20.6 Å². The van der Waals surface area contributed by atoms with Gasteiger partial charge in [0.25, 0.3) is 11.8 Å². The van der Waals surface area contributed by atoms with Crippen LogP contribution in [0, 0.1) is 11.2 Å². The molecule has 4 aromatic rings. The Balaban J connectivity index is 0.970. The molecule has 2 amide bonds. The number of rotatable bonds is 8. The van der Waals surface area contributed by atoms with Gasteiger partial charge in [-0.1, -0.05) is 12.1 Å². The predicted octanol–water partition coefficient (Wildman–Crippen LogP) is 5.65. The van der Waals surface area contributed by atoms with Crippen LogP contribution in [0.25, 0.3) is 16.9 Å². The average Bonchev–Trinajstić information content (AvgIpc) is 3.74. The first-order chi connectivity index (χ1) is 26.2. The second-order valence-electron chi connectivity index (χ2n) is 16.1. The average molecular weight is 762 g/mol. The molecular weight excluding hydrogens is 715 g/mol. The van der Waals surface area contributed by atoms with Crippen molar-refractivity contribution < 1.29 is 32.2 Å². The number of halogens is 3. The van der Waals surface area contributed by atoms with Crippen molar-refractivity contribution in [1.82, 2.24) is 34.7 Å². The third-order valence-electron chi connectivity index (χ3n) is 11.4. The van der Waals surface area contributed by atoms with E-state index in [4.69, 9.17) is 14.6 Å². The summed E-state index contributed by atoms with van der Waals surface area (Å²) in [5.74, 6) is -3.27. The van der Waals surface area contributed by atoms with Crippen molar-refractivity contribution >= 4 is 34.8 Å². The molecule has 16 heteroatoms. The number of likely N-dealkylation sites (tertiary alicyclic amines) is 2. The maximum Gasteiger partial charge on any atom is 0.410 e. The number of carbonyl (C=O) groups excluding carboxylic acids is 2. The molecule has 292 valence electrons. The number of amides is 2. The van der Waals surface area contributed by atoms with Crippen molar-refractivity contribution in [2.24, 2.45) is 5.41 Å². The Bertz CT molecular complexity index is 2150. The van der Waals surface area contributed by atoms with Crippen LogP contribution in [0.4, 0.5) is 35.2 Å². The fraction of sp³-hybridized carbons (Fsp3) is 0.513. The molecule has 1 aromatic carbocycles. The van der Waals surface area contributed by atoms with Crippen LogP contribution in [0.3, 0.4) is 0 Å². The van der Waals surface area contributed by atoms with Gasteiger partial charge in [0.15, 0.2) is 17.2 Å². The first-order valence-electron chi connectivity index (χ1n) is 18.7. The predicted molar refractivity (Wildman–Crippen MR) is 199 cm³/mol. The molecule has 2 atom stereocenters. The highest BCUT2D eigenvalue weighted by Gasteiger charge is 2.63. The maximum atomic E-state index is 15.9. The van der Waals surface area contributed by atoms with E-state index in [1.54, 1.807) is 45.6 Å². The summed E-state index contributed by atoms with van der Waals surface area (Å²) in [6, 6.07) is 8.90. The van der Waals surface area contributed by atoms with Gasteiger partial charge in [0.2, 0.25) is 0 Å². The summed E-state index contributed by atoms with van der Waals surface area (Å²) in [5, 5.41) is 11.1. The zero-order valence-electron chi connectivity index (χ0n) is 31.7. The van der Waals surface area contributed by atoms with Crippen molar-refractivity contribution in [3.63, 3.8) is 0 Å². The topological polar surface area (TPSA) is 129 Å². The van der Waals surface area contributed by atoms with E-state index in [1.807, 2.05) is 34.1 Å². The summed E-state index contributed by atoms with van der Waals surface area (Å²) in [7, 11) is 3.42. The van der Waals surface area contributed by atoms with Gasteiger partial charge in [-0.05, 0) is 69.7 Å². The van der Waals surface area contributed by atoms with E-state index in [0.29, 0.717) is 46.9 Å². The van der Waals surface area contributed by atoms with Crippen LogP contribution >= 0.6 is 0 Å². The lowest BCUT2D eigenvalue weighted by Crippen LogP contribution is -2.70. The Kier molecular flexibility index (Phi) is 9.18. The summed E-state index contributed by atoms with van der Waals surface area (Å²) in [6.45, 7) is 5.76. The Hall–Kier alpha value is -4.96. The number of benzene rings is 1. The van der Waals surface area contributed by atoms with E-state index < -0.39 is 35.4 Å². The van der Waals surface area contributed by atoms with E-state index in [-0.39, 0.29) is 56.3 Å². The Labute approximate surface area is 317 Å². The molecule has 3 fully saturated rings. The number of nitrogens with one attached hydrogen (secondary N) is 2. The van der Waals surface area contributed by atoms with Crippen molar-refractivity contribution in [3.05, 3.63) is 65.4 Å². The Morgan fingerprint density at radius 1 is 1.05 bits per heavy atom. The first-order valence-corrected chi connectivity index (χ1v) is 18.7. The molecule has 2 N–H and O–H groups in total. The molecule has 1 aliphatic carbocycles. The van der Waals surface area contributed by atoms with Gasteiger partial charge in [0.05, 0.1) is 36.0 Å². The van der Waals surface area contributed by atoms with Gasteiger partial charge in [-0.3, -0.25) is 14.7 Å². The highest BCUT2D eigenvalue weighted by molar-refractivity contribution is 5.94. The maximum absolute atomic E-state index is 15.9. The van der Waals surface area contributed by atoms with Crippen LogP contribution in [0.2, 0.25) is 0 Å². The summed E-state index contributed by atoms with van der Waals surface area (Å²) < 4.78 is 59.1. The molecule has 6 heterocycles. The van der Waals surface area contributed by atoms with Gasteiger partial charge in [-0.2, -0.15) is 0 Å². The van der Waals surface area contributed by atoms with Crippen LogP contribution in [0.1, 0.15) is 61.6 Å². The lowest BCUT2D eigenvalue weighted by molar-refractivity contribution is -0.223. The molecule has 8 rings (SSSR count). The minimum atomic E-state index is -3.08. The smallest absolute Gasteiger partial charge is 0.410 e. The van der Waals surface area contributed by atoms with E-state index in [0.717, 1.165) is 29.0 Å². The molecule has 3 aliphatic heterocycles. The number of nitrogens with zero attached hydrogens (tertiary/aromatic N) is 7. The highest BCUT2D eigenvalue weighted by Crippen LogP contribution is 2.51. The molecule has 3 aromatic heterocycles. The third kappa shape index (κ3) is 6.62. The molecule has 2 saturated heterocycles. The summed E-state index contributed by atoms with van der Waals surface area (Å²) in [4.78, 5) is 39.8. The standard InChI is InChI=1S/C39H46F3N9O4/c1-37(2,3)55-36(53)49-14-12-38(39(41,42)22-49)20-48(21-38)19-23-15-26(40)33(44-17-23)25-7-6-8-29-24(25)11-13-50(29)32-16-28(43-4)34-45-18-30(51(34)47-32)35(52)46-27-9-10-31(27)54-5/h6-8,15-18,27,31,43H,9-14,19-22H2,1-5H3,(H,46,52)/t27-,31-/m1/s1. The summed E-state index contributed by atoms with van der Waals surface area (Å²) in [5.41, 5.74) is 2.73. The third-order valence-corrected chi connectivity index (χ3v) is 11.4.